The number of ether oxygens (including phenoxy) is 1. The number of carboxylic acid groups (broad SMARTS) is 1. The normalized spacial score (nSPS) is 16.4. The average Bonchev–Trinajstić information content (AvgIpc) is 3.55. The van der Waals surface area contributed by atoms with Crippen molar-refractivity contribution < 1.29 is 37.0 Å². The van der Waals surface area contributed by atoms with E-state index >= 15 is 0 Å². The summed E-state index contributed by atoms with van der Waals surface area (Å²) < 4.78 is 54.7. The molecule has 1 unspecified atom stereocenters. The lowest BCUT2D eigenvalue weighted by Gasteiger charge is -2.26. The van der Waals surface area contributed by atoms with Crippen molar-refractivity contribution in [2.45, 2.75) is 37.5 Å². The Kier molecular flexibility index (Phi) is 7.71. The maximum atomic E-state index is 14.7. The van der Waals surface area contributed by atoms with Crippen molar-refractivity contribution in [2.75, 3.05) is 6.61 Å². The van der Waals surface area contributed by atoms with Crippen LogP contribution in [0.15, 0.2) is 30.3 Å². The molecular weight excluding hydrogens is 536 g/mol. The molecule has 2 aromatic carbocycles. The van der Waals surface area contributed by atoms with Gasteiger partial charge < -0.3 is 20.5 Å². The van der Waals surface area contributed by atoms with Gasteiger partial charge in [0, 0.05) is 23.0 Å². The van der Waals surface area contributed by atoms with Crippen molar-refractivity contribution in [3.05, 3.63) is 46.7 Å². The van der Waals surface area contributed by atoms with Gasteiger partial charge in [-0.1, -0.05) is 23.7 Å². The highest BCUT2D eigenvalue weighted by atomic mass is 35.5. The smallest absolute Gasteiger partial charge is 0.471 e. The Morgan fingerprint density at radius 2 is 1.89 bits per heavy atom. The van der Waals surface area contributed by atoms with Crippen LogP contribution in [0.25, 0.3) is 22.5 Å². The first-order valence-electron chi connectivity index (χ1n) is 11.3. The first kappa shape index (κ1) is 27.1. The van der Waals surface area contributed by atoms with E-state index in [2.05, 4.69) is 20.7 Å². The van der Waals surface area contributed by atoms with Gasteiger partial charge in [-0.3, -0.25) is 4.79 Å². The molecule has 2 amide bonds. The minimum atomic E-state index is -4.72. The molecule has 15 heteroatoms. The molecule has 10 nitrogen and oxygen atoms in total. The average molecular weight is 557 g/mol. The van der Waals surface area contributed by atoms with Crippen LogP contribution in [0.5, 0.6) is 5.75 Å². The number of nitrogens with zero attached hydrogens (tertiary/aromatic N) is 4. The van der Waals surface area contributed by atoms with Crippen LogP contribution in [0.1, 0.15) is 30.9 Å². The lowest BCUT2D eigenvalue weighted by Crippen LogP contribution is -2.37. The number of halogens is 5. The van der Waals surface area contributed by atoms with Crippen LogP contribution in [0, 0.1) is 5.82 Å². The molecule has 2 heterocycles. The highest BCUT2D eigenvalue weighted by molar-refractivity contribution is 6.31. The van der Waals surface area contributed by atoms with E-state index < -0.39 is 24.0 Å². The second kappa shape index (κ2) is 10.8. The zero-order valence-corrected chi connectivity index (χ0v) is 20.5. The molecule has 5 rings (SSSR count). The summed E-state index contributed by atoms with van der Waals surface area (Å²) in [7, 11) is 1.59. The highest BCUT2D eigenvalue weighted by Crippen LogP contribution is 2.40. The van der Waals surface area contributed by atoms with E-state index in [0.29, 0.717) is 42.7 Å². The number of amides is 2. The molecule has 1 aliphatic carbocycles. The van der Waals surface area contributed by atoms with Crippen LogP contribution in [0.3, 0.4) is 0 Å². The number of aryl methyl sites for hydroxylation is 1. The predicted octanol–water partition coefficient (Wildman–Crippen LogP) is 4.26. The Morgan fingerprint density at radius 1 is 1.16 bits per heavy atom. The van der Waals surface area contributed by atoms with Crippen molar-refractivity contribution in [1.29, 1.82) is 0 Å². The summed E-state index contributed by atoms with van der Waals surface area (Å²) in [6, 6.07) is 7.47. The van der Waals surface area contributed by atoms with Gasteiger partial charge in [-0.15, -0.1) is 10.2 Å². The molecule has 3 aromatic rings. The molecule has 1 aliphatic heterocycles. The van der Waals surface area contributed by atoms with Gasteiger partial charge in [0.2, 0.25) is 5.82 Å². The number of carbonyl (C=O) groups excluding carboxylic acids is 1. The van der Waals surface area contributed by atoms with Crippen LogP contribution in [0.2, 0.25) is 5.02 Å². The number of hydrogen-bond donors (Lipinski definition) is 3. The molecule has 0 bridgehead atoms. The van der Waals surface area contributed by atoms with E-state index in [1.807, 2.05) is 5.32 Å². The zero-order chi connectivity index (χ0) is 27.6. The molecule has 1 fully saturated rings. The van der Waals surface area contributed by atoms with Crippen molar-refractivity contribution in [3.8, 4) is 28.3 Å². The van der Waals surface area contributed by atoms with Crippen LogP contribution in [-0.2, 0) is 11.8 Å². The number of tetrazole rings is 1. The van der Waals surface area contributed by atoms with Gasteiger partial charge in [-0.25, -0.2) is 9.18 Å². The second-order valence-electron chi connectivity index (χ2n) is 8.55. The van der Waals surface area contributed by atoms with E-state index in [0.717, 1.165) is 5.56 Å². The highest BCUT2D eigenvalue weighted by Gasteiger charge is 2.41. The number of benzene rings is 2. The predicted molar refractivity (Wildman–Crippen MR) is 126 cm³/mol. The van der Waals surface area contributed by atoms with Gasteiger partial charge in [-0.05, 0) is 47.4 Å². The standard InChI is InChI=1S/C18H15ClFN5O3.C5H6F3NO/c1-25-23-17(22-24-25)16-12(7-10(19)8-13(16)20)9-2-3-11-14(21-18(26)27)4-5-28-15(11)6-9;6-5(7,8)4(10)9-3-1-2-3/h2-3,6-8,14,21H,4-5H2,1H3,(H,26,27);3H,1-2H2,(H,9,10). The third-order valence-electron chi connectivity index (χ3n) is 5.62. The molecule has 3 N–H and O–H groups in total. The summed E-state index contributed by atoms with van der Waals surface area (Å²) >= 11 is 6.08. The van der Waals surface area contributed by atoms with Crippen molar-refractivity contribution in [1.82, 2.24) is 30.8 Å². The fourth-order valence-electron chi connectivity index (χ4n) is 3.76. The van der Waals surface area contributed by atoms with Gasteiger partial charge in [0.25, 0.3) is 0 Å². The first-order valence-corrected chi connectivity index (χ1v) is 11.7. The largest absolute Gasteiger partial charge is 0.493 e. The molecule has 1 saturated carbocycles. The zero-order valence-electron chi connectivity index (χ0n) is 19.7. The van der Waals surface area contributed by atoms with Crippen LogP contribution >= 0.6 is 11.6 Å². The van der Waals surface area contributed by atoms with Gasteiger partial charge in [0.15, 0.2) is 0 Å². The fourth-order valence-corrected chi connectivity index (χ4v) is 3.97. The molecule has 1 atom stereocenters. The van der Waals surface area contributed by atoms with Crippen molar-refractivity contribution in [2.24, 2.45) is 7.05 Å². The summed E-state index contributed by atoms with van der Waals surface area (Å²) in [5, 5.41) is 25.3. The van der Waals surface area contributed by atoms with E-state index in [-0.39, 0.29) is 28.5 Å². The summed E-state index contributed by atoms with van der Waals surface area (Å²) in [5.41, 5.74) is 2.02. The third-order valence-corrected chi connectivity index (χ3v) is 5.84. The molecule has 2 aliphatic rings. The lowest BCUT2D eigenvalue weighted by molar-refractivity contribution is -0.173. The van der Waals surface area contributed by atoms with E-state index in [1.165, 1.54) is 10.9 Å². The van der Waals surface area contributed by atoms with Gasteiger partial charge in [-0.2, -0.15) is 18.0 Å². The minimum Gasteiger partial charge on any atom is -0.493 e. The second-order valence-corrected chi connectivity index (χ2v) is 8.99. The topological polar surface area (TPSA) is 131 Å². The molecule has 0 saturated heterocycles. The monoisotopic (exact) mass is 556 g/mol. The molecule has 38 heavy (non-hydrogen) atoms. The number of nitrogens with one attached hydrogen (secondary N) is 2. The first-order chi connectivity index (χ1) is 17.9. The van der Waals surface area contributed by atoms with Crippen molar-refractivity contribution in [3.63, 3.8) is 0 Å². The number of hydrogen-bond acceptors (Lipinski definition) is 6. The molecule has 0 spiro atoms. The summed E-state index contributed by atoms with van der Waals surface area (Å²) in [4.78, 5) is 22.3. The fraction of sp³-hybridized carbons (Fsp3) is 0.348. The maximum Gasteiger partial charge on any atom is 0.471 e. The maximum absolute atomic E-state index is 14.7. The Morgan fingerprint density at radius 3 is 2.50 bits per heavy atom. The number of fused-ring (bicyclic) bond motifs is 1. The molecule has 1 aromatic heterocycles. The minimum absolute atomic E-state index is 0.135. The Bertz CT molecular complexity index is 1360. The molecule has 202 valence electrons. The van der Waals surface area contributed by atoms with Crippen LogP contribution in [0.4, 0.5) is 22.4 Å². The van der Waals surface area contributed by atoms with Crippen LogP contribution in [-0.4, -0.2) is 56.1 Å². The number of aromatic nitrogens is 4. The number of alkyl halides is 3. The van der Waals surface area contributed by atoms with E-state index in [9.17, 15) is 27.2 Å². The Labute approximate surface area is 217 Å². The van der Waals surface area contributed by atoms with Crippen molar-refractivity contribution >= 4 is 23.6 Å². The molecule has 0 radical (unpaired) electrons. The van der Waals surface area contributed by atoms with Gasteiger partial charge in [0.1, 0.15) is 11.6 Å². The summed E-state index contributed by atoms with van der Waals surface area (Å²) in [6.07, 6.45) is -3.96. The van der Waals surface area contributed by atoms with Crippen LogP contribution < -0.4 is 15.4 Å². The van der Waals surface area contributed by atoms with E-state index in [4.69, 9.17) is 21.4 Å². The Balaban J connectivity index is 0.000000283. The Hall–Kier alpha value is -3.94. The molecular formula is C23H21ClF4N6O4. The quantitative estimate of drug-likeness (QED) is 0.409. The number of carbonyl (C=O) groups is 2. The van der Waals surface area contributed by atoms with E-state index in [1.54, 1.807) is 31.3 Å². The van der Waals surface area contributed by atoms with Gasteiger partial charge in [0.05, 0.1) is 25.3 Å². The number of rotatable bonds is 4. The SMILES string of the molecule is Cn1nnc(-c2c(F)cc(Cl)cc2-c2ccc3c(c2)OCCC3NC(=O)O)n1.O=C(NC1CC1)C(F)(F)F. The summed E-state index contributed by atoms with van der Waals surface area (Å²) in [6.45, 7) is 0.365. The lowest BCUT2D eigenvalue weighted by atomic mass is 9.94. The third kappa shape index (κ3) is 6.49. The van der Waals surface area contributed by atoms with Gasteiger partial charge >= 0.3 is 18.2 Å². The summed E-state index contributed by atoms with van der Waals surface area (Å²) in [5.74, 6) is -1.73.